The van der Waals surface area contributed by atoms with Crippen molar-refractivity contribution in [2.24, 2.45) is 0 Å². The fourth-order valence-corrected chi connectivity index (χ4v) is 3.46. The predicted molar refractivity (Wildman–Crippen MR) is 141 cm³/mol. The van der Waals surface area contributed by atoms with E-state index in [-0.39, 0.29) is 5.91 Å². The van der Waals surface area contributed by atoms with E-state index in [9.17, 15) is 14.4 Å². The summed E-state index contributed by atoms with van der Waals surface area (Å²) in [5.74, 6) is -1.35. The van der Waals surface area contributed by atoms with Gasteiger partial charge in [0.25, 0.3) is 5.91 Å². The predicted octanol–water partition coefficient (Wildman–Crippen LogP) is 4.48. The van der Waals surface area contributed by atoms with Crippen LogP contribution in [0.5, 0.6) is 0 Å². The summed E-state index contributed by atoms with van der Waals surface area (Å²) >= 11 is 0. The number of esters is 1. The van der Waals surface area contributed by atoms with E-state index in [0.717, 1.165) is 11.3 Å². The smallest absolute Gasteiger partial charge is 0.331 e. The minimum Gasteiger partial charge on any atom is -0.449 e. The molecule has 0 saturated heterocycles. The minimum atomic E-state index is -1.03. The first-order valence-corrected chi connectivity index (χ1v) is 11.5. The molecule has 0 aliphatic rings. The second-order valence-corrected chi connectivity index (χ2v) is 8.12. The Morgan fingerprint density at radius 2 is 1.65 bits per heavy atom. The lowest BCUT2D eigenvalue weighted by molar-refractivity contribution is -0.148. The number of carbonyl (C=O) groups excluding carboxylic acids is 3. The van der Waals surface area contributed by atoms with Gasteiger partial charge in [0.05, 0.1) is 5.69 Å². The van der Waals surface area contributed by atoms with E-state index in [2.05, 4.69) is 20.7 Å². The molecule has 9 nitrogen and oxygen atoms in total. The monoisotopic (exact) mass is 495 g/mol. The zero-order chi connectivity index (χ0) is 26.2. The number of ether oxygens (including phenoxy) is 1. The zero-order valence-corrected chi connectivity index (χ0v) is 20.3. The van der Waals surface area contributed by atoms with Crippen LogP contribution < -0.4 is 10.6 Å². The molecule has 0 fully saturated rings. The van der Waals surface area contributed by atoms with Crippen molar-refractivity contribution in [2.75, 3.05) is 10.6 Å². The maximum absolute atomic E-state index is 12.5. The average molecular weight is 496 g/mol. The summed E-state index contributed by atoms with van der Waals surface area (Å²) in [7, 11) is 0. The highest BCUT2D eigenvalue weighted by molar-refractivity contribution is 5.97. The van der Waals surface area contributed by atoms with Crippen LogP contribution in [-0.4, -0.2) is 38.7 Å². The number of nitrogens with one attached hydrogen (secondary N) is 2. The maximum Gasteiger partial charge on any atom is 0.331 e. The van der Waals surface area contributed by atoms with Gasteiger partial charge in [-0.15, -0.1) is 0 Å². The van der Waals surface area contributed by atoms with Crippen LogP contribution in [-0.2, 0) is 19.1 Å². The second kappa shape index (κ2) is 11.6. The SMILES string of the molecule is CC(=O)Nc1ccc(NC(=O)[C@H](C)OC(=O)/C=C/c2cn(-c3ccccc3)nc2-c2cccnc2)cc1. The van der Waals surface area contributed by atoms with Crippen molar-refractivity contribution in [1.29, 1.82) is 0 Å². The Balaban J connectivity index is 1.43. The summed E-state index contributed by atoms with van der Waals surface area (Å²) < 4.78 is 7.01. The third-order valence-corrected chi connectivity index (χ3v) is 5.23. The number of para-hydroxylation sites is 1. The number of rotatable bonds is 8. The van der Waals surface area contributed by atoms with Gasteiger partial charge in [0.1, 0.15) is 5.69 Å². The number of nitrogens with zero attached hydrogens (tertiary/aromatic N) is 3. The number of anilines is 2. The molecule has 2 heterocycles. The molecule has 0 unspecified atom stereocenters. The van der Waals surface area contributed by atoms with Crippen molar-refractivity contribution in [2.45, 2.75) is 20.0 Å². The van der Waals surface area contributed by atoms with Crippen molar-refractivity contribution in [3.63, 3.8) is 0 Å². The quantitative estimate of drug-likeness (QED) is 0.275. The van der Waals surface area contributed by atoms with Crippen LogP contribution in [0.1, 0.15) is 19.4 Å². The molecule has 2 N–H and O–H groups in total. The van der Waals surface area contributed by atoms with Crippen molar-refractivity contribution >= 4 is 35.2 Å². The van der Waals surface area contributed by atoms with E-state index in [1.807, 2.05) is 48.7 Å². The molecule has 0 spiro atoms. The maximum atomic E-state index is 12.5. The molecule has 0 aliphatic heterocycles. The summed E-state index contributed by atoms with van der Waals surface area (Å²) in [6, 6.07) is 19.9. The molecule has 0 bridgehead atoms. The fourth-order valence-electron chi connectivity index (χ4n) is 3.46. The largest absolute Gasteiger partial charge is 0.449 e. The minimum absolute atomic E-state index is 0.189. The van der Waals surface area contributed by atoms with Crippen LogP contribution in [0.3, 0.4) is 0 Å². The number of hydrogen-bond acceptors (Lipinski definition) is 6. The molecule has 4 aromatic rings. The van der Waals surface area contributed by atoms with E-state index in [0.29, 0.717) is 22.6 Å². The summed E-state index contributed by atoms with van der Waals surface area (Å²) in [5, 5.41) is 10.0. The first kappa shape index (κ1) is 25.1. The molecule has 37 heavy (non-hydrogen) atoms. The first-order chi connectivity index (χ1) is 17.9. The molecule has 1 atom stereocenters. The van der Waals surface area contributed by atoms with E-state index in [4.69, 9.17) is 4.74 Å². The second-order valence-electron chi connectivity index (χ2n) is 8.12. The average Bonchev–Trinajstić information content (AvgIpc) is 3.34. The lowest BCUT2D eigenvalue weighted by atomic mass is 10.1. The number of hydrogen-bond donors (Lipinski definition) is 2. The van der Waals surface area contributed by atoms with Crippen molar-refractivity contribution in [3.05, 3.63) is 97.0 Å². The van der Waals surface area contributed by atoms with Crippen LogP contribution in [0.4, 0.5) is 11.4 Å². The molecule has 9 heteroatoms. The number of carbonyl (C=O) groups is 3. The Bertz CT molecular complexity index is 1410. The Morgan fingerprint density at radius 3 is 2.30 bits per heavy atom. The van der Waals surface area contributed by atoms with Gasteiger partial charge in [-0.05, 0) is 61.5 Å². The highest BCUT2D eigenvalue weighted by Gasteiger charge is 2.17. The standard InChI is InChI=1S/C28H25N5O4/c1-19(28(36)31-24-13-11-23(12-14-24)30-20(2)34)37-26(35)15-10-22-18-33(25-8-4-3-5-9-25)32-27(22)21-7-6-16-29-17-21/h3-19H,1-2H3,(H,30,34)(H,31,36)/b15-10+/t19-/m0/s1. The molecule has 0 saturated carbocycles. The molecular weight excluding hydrogens is 470 g/mol. The van der Waals surface area contributed by atoms with Crippen LogP contribution >= 0.6 is 0 Å². The van der Waals surface area contributed by atoms with Gasteiger partial charge in [-0.1, -0.05) is 18.2 Å². The Morgan fingerprint density at radius 1 is 0.946 bits per heavy atom. The van der Waals surface area contributed by atoms with Gasteiger partial charge in [-0.25, -0.2) is 9.48 Å². The van der Waals surface area contributed by atoms with Crippen molar-refractivity contribution < 1.29 is 19.1 Å². The van der Waals surface area contributed by atoms with Crippen molar-refractivity contribution in [3.8, 4) is 16.9 Å². The van der Waals surface area contributed by atoms with Gasteiger partial charge in [-0.3, -0.25) is 14.6 Å². The molecule has 4 rings (SSSR count). The summed E-state index contributed by atoms with van der Waals surface area (Å²) in [6.45, 7) is 2.90. The summed E-state index contributed by atoms with van der Waals surface area (Å²) in [6.07, 6.45) is 7.01. The molecule has 2 aromatic carbocycles. The normalized spacial score (nSPS) is 11.6. The topological polar surface area (TPSA) is 115 Å². The summed E-state index contributed by atoms with van der Waals surface area (Å²) in [4.78, 5) is 40.3. The van der Waals surface area contributed by atoms with Gasteiger partial charge in [0, 0.05) is 54.1 Å². The zero-order valence-electron chi connectivity index (χ0n) is 20.3. The fraction of sp³-hybridized carbons (Fsp3) is 0.107. The van der Waals surface area contributed by atoms with E-state index < -0.39 is 18.0 Å². The highest BCUT2D eigenvalue weighted by atomic mass is 16.5. The van der Waals surface area contributed by atoms with Gasteiger partial charge in [-0.2, -0.15) is 5.10 Å². The van der Waals surface area contributed by atoms with E-state index in [1.54, 1.807) is 47.4 Å². The lowest BCUT2D eigenvalue weighted by Crippen LogP contribution is -2.29. The number of pyridine rings is 1. The lowest BCUT2D eigenvalue weighted by Gasteiger charge is -2.12. The van der Waals surface area contributed by atoms with Crippen LogP contribution in [0, 0.1) is 0 Å². The van der Waals surface area contributed by atoms with Gasteiger partial charge in [0.15, 0.2) is 6.10 Å². The summed E-state index contributed by atoms with van der Waals surface area (Å²) in [5.41, 5.74) is 4.11. The van der Waals surface area contributed by atoms with E-state index in [1.165, 1.54) is 19.9 Å². The molecule has 0 radical (unpaired) electrons. The molecule has 0 aliphatic carbocycles. The van der Waals surface area contributed by atoms with Crippen molar-refractivity contribution in [1.82, 2.24) is 14.8 Å². The third-order valence-electron chi connectivity index (χ3n) is 5.23. The van der Waals surface area contributed by atoms with Gasteiger partial charge in [0.2, 0.25) is 5.91 Å². The Labute approximate surface area is 213 Å². The number of amides is 2. The Hall–Kier alpha value is -5.05. The van der Waals surface area contributed by atoms with Gasteiger partial charge >= 0.3 is 5.97 Å². The third kappa shape index (κ3) is 6.76. The molecule has 2 aromatic heterocycles. The molecule has 186 valence electrons. The van der Waals surface area contributed by atoms with Crippen LogP contribution in [0.25, 0.3) is 23.0 Å². The molecular formula is C28H25N5O4. The first-order valence-electron chi connectivity index (χ1n) is 11.5. The highest BCUT2D eigenvalue weighted by Crippen LogP contribution is 2.24. The molecule has 2 amide bonds. The number of aromatic nitrogens is 3. The van der Waals surface area contributed by atoms with Crippen LogP contribution in [0.2, 0.25) is 0 Å². The van der Waals surface area contributed by atoms with E-state index >= 15 is 0 Å². The van der Waals surface area contributed by atoms with Crippen LogP contribution in [0.15, 0.2) is 91.4 Å². The Kier molecular flexibility index (Phi) is 7.85. The van der Waals surface area contributed by atoms with Gasteiger partial charge < -0.3 is 15.4 Å². The number of benzene rings is 2.